The van der Waals surface area contributed by atoms with Crippen LogP contribution in [0.3, 0.4) is 0 Å². The minimum atomic E-state index is -0.437. The first kappa shape index (κ1) is 23.9. The molecule has 3 aromatic carbocycles. The Labute approximate surface area is 211 Å². The summed E-state index contributed by atoms with van der Waals surface area (Å²) < 4.78 is 12.2. The van der Waals surface area contributed by atoms with Crippen molar-refractivity contribution in [1.29, 1.82) is 0 Å². The number of carbonyl (C=O) groups excluding carboxylic acids is 1. The van der Waals surface area contributed by atoms with E-state index < -0.39 is 17.0 Å². The van der Waals surface area contributed by atoms with Crippen molar-refractivity contribution in [1.82, 2.24) is 20.1 Å². The summed E-state index contributed by atoms with van der Waals surface area (Å²) in [5.74, 6) is 0.443. The minimum Gasteiger partial charge on any atom is -0.493 e. The second-order valence-electron chi connectivity index (χ2n) is 8.61. The summed E-state index contributed by atoms with van der Waals surface area (Å²) >= 11 is 0. The molecule has 0 saturated heterocycles. The monoisotopic (exact) mass is 498 g/mol. The number of fused-ring (bicyclic) bond motifs is 2. The Balaban J connectivity index is 1.48. The van der Waals surface area contributed by atoms with Crippen molar-refractivity contribution in [2.24, 2.45) is 0 Å². The second-order valence-corrected chi connectivity index (χ2v) is 8.61. The van der Waals surface area contributed by atoms with Crippen LogP contribution in [0, 0.1) is 0 Å². The van der Waals surface area contributed by atoms with Gasteiger partial charge in [0.1, 0.15) is 6.54 Å². The third-order valence-electron chi connectivity index (χ3n) is 6.49. The van der Waals surface area contributed by atoms with Gasteiger partial charge in [0.15, 0.2) is 11.5 Å². The van der Waals surface area contributed by atoms with Crippen LogP contribution in [-0.4, -0.2) is 41.4 Å². The number of methoxy groups -OCH3 is 2. The third kappa shape index (κ3) is 4.47. The van der Waals surface area contributed by atoms with Gasteiger partial charge in [-0.1, -0.05) is 42.5 Å². The smallest absolute Gasteiger partial charge is 0.273 e. The van der Waals surface area contributed by atoms with Crippen LogP contribution in [0.15, 0.2) is 82.5 Å². The highest BCUT2D eigenvalue weighted by Crippen LogP contribution is 2.40. The van der Waals surface area contributed by atoms with E-state index in [-0.39, 0.29) is 29.8 Å². The van der Waals surface area contributed by atoms with Crippen molar-refractivity contribution in [3.05, 3.63) is 105 Å². The van der Waals surface area contributed by atoms with E-state index in [4.69, 9.17) is 9.47 Å². The maximum atomic E-state index is 13.0. The van der Waals surface area contributed by atoms with E-state index in [9.17, 15) is 14.4 Å². The van der Waals surface area contributed by atoms with Crippen LogP contribution in [0.4, 0.5) is 0 Å². The highest BCUT2D eigenvalue weighted by Gasteiger charge is 2.24. The fourth-order valence-corrected chi connectivity index (χ4v) is 4.73. The van der Waals surface area contributed by atoms with Crippen LogP contribution < -0.4 is 25.9 Å². The Morgan fingerprint density at radius 1 is 0.892 bits per heavy atom. The number of aromatic nitrogens is 3. The first-order valence-corrected chi connectivity index (χ1v) is 11.8. The number of nitrogens with zero attached hydrogens (tertiary/aromatic N) is 1. The quantitative estimate of drug-likeness (QED) is 0.304. The molecule has 9 heteroatoms. The fraction of sp³-hybridized carbons (Fsp3) is 0.179. The minimum absolute atomic E-state index is 0.219. The number of amides is 1. The molecule has 3 N–H and O–H groups in total. The maximum absolute atomic E-state index is 13.0. The number of para-hydroxylation sites is 2. The molecule has 0 spiro atoms. The Hall–Kier alpha value is -4.79. The van der Waals surface area contributed by atoms with E-state index in [2.05, 4.69) is 15.4 Å². The number of aromatic amines is 2. The van der Waals surface area contributed by atoms with E-state index >= 15 is 0 Å². The van der Waals surface area contributed by atoms with Gasteiger partial charge in [0.2, 0.25) is 5.91 Å². The summed E-state index contributed by atoms with van der Waals surface area (Å²) in [6.45, 7) is -0.106. The van der Waals surface area contributed by atoms with Crippen molar-refractivity contribution in [3.8, 4) is 11.5 Å². The average Bonchev–Trinajstić information content (AvgIpc) is 3.35. The molecule has 0 aliphatic heterocycles. The second kappa shape index (κ2) is 10.1. The lowest BCUT2D eigenvalue weighted by Gasteiger charge is -2.22. The first-order valence-electron chi connectivity index (χ1n) is 11.8. The molecule has 1 atom stereocenters. The number of benzene rings is 3. The van der Waals surface area contributed by atoms with E-state index in [0.29, 0.717) is 11.5 Å². The highest BCUT2D eigenvalue weighted by molar-refractivity contribution is 5.85. The van der Waals surface area contributed by atoms with Crippen LogP contribution in [0.5, 0.6) is 11.5 Å². The zero-order valence-corrected chi connectivity index (χ0v) is 20.4. The SMILES string of the molecule is COc1cccc(C(CNC(=O)Cn2[nH]c(=O)c3ccccc3c2=O)c2c[nH]c3ccccc23)c1OC. The molecule has 5 rings (SSSR count). The van der Waals surface area contributed by atoms with Gasteiger partial charge >= 0.3 is 0 Å². The number of hydrogen-bond acceptors (Lipinski definition) is 5. The van der Waals surface area contributed by atoms with Gasteiger partial charge < -0.3 is 19.8 Å². The van der Waals surface area contributed by atoms with Gasteiger partial charge in [-0.25, -0.2) is 4.68 Å². The fourth-order valence-electron chi connectivity index (χ4n) is 4.73. The van der Waals surface area contributed by atoms with Crippen molar-refractivity contribution in [2.75, 3.05) is 20.8 Å². The standard InChI is InChI=1S/C28H26N4O5/c1-36-24-13-7-11-18(26(24)37-2)22(21-14-29-23-12-6-5-8-17(21)23)15-30-25(33)16-32-28(35)20-10-4-3-9-19(20)27(34)31-32/h3-14,22,29H,15-16H2,1-2H3,(H,30,33)(H,31,34). The molecule has 0 radical (unpaired) electrons. The van der Waals surface area contributed by atoms with Gasteiger partial charge in [0.25, 0.3) is 11.1 Å². The van der Waals surface area contributed by atoms with Gasteiger partial charge in [-0.05, 0) is 29.8 Å². The molecule has 2 heterocycles. The summed E-state index contributed by atoms with van der Waals surface area (Å²) in [5, 5.41) is 7.00. The van der Waals surface area contributed by atoms with Gasteiger partial charge in [-0.2, -0.15) is 0 Å². The lowest BCUT2D eigenvalue weighted by Crippen LogP contribution is -2.38. The normalized spacial score (nSPS) is 11.9. The molecule has 37 heavy (non-hydrogen) atoms. The van der Waals surface area contributed by atoms with Gasteiger partial charge in [-0.3, -0.25) is 19.5 Å². The number of hydrogen-bond donors (Lipinski definition) is 3. The molecule has 0 bridgehead atoms. The molecule has 1 unspecified atom stereocenters. The molecule has 0 fully saturated rings. The van der Waals surface area contributed by atoms with Crippen molar-refractivity contribution in [2.45, 2.75) is 12.5 Å². The molecule has 1 amide bonds. The molecule has 0 aliphatic carbocycles. The van der Waals surface area contributed by atoms with Crippen molar-refractivity contribution < 1.29 is 14.3 Å². The topological polar surface area (TPSA) is 118 Å². The third-order valence-corrected chi connectivity index (χ3v) is 6.49. The Morgan fingerprint density at radius 2 is 1.62 bits per heavy atom. The van der Waals surface area contributed by atoms with E-state index in [1.54, 1.807) is 38.5 Å². The van der Waals surface area contributed by atoms with Crippen LogP contribution in [0.1, 0.15) is 17.0 Å². The number of rotatable bonds is 8. The molecule has 2 aromatic heterocycles. The van der Waals surface area contributed by atoms with Crippen LogP contribution in [0.2, 0.25) is 0 Å². The van der Waals surface area contributed by atoms with Gasteiger partial charge in [0, 0.05) is 35.1 Å². The van der Waals surface area contributed by atoms with Crippen molar-refractivity contribution in [3.63, 3.8) is 0 Å². The first-order chi connectivity index (χ1) is 18.0. The summed E-state index contributed by atoms with van der Waals surface area (Å²) in [7, 11) is 3.15. The molecule has 0 aliphatic rings. The lowest BCUT2D eigenvalue weighted by molar-refractivity contribution is -0.121. The molecular formula is C28H26N4O5. The number of ether oxygens (including phenoxy) is 2. The summed E-state index contributed by atoms with van der Waals surface area (Å²) in [6, 6.07) is 20.1. The number of H-pyrrole nitrogens is 2. The number of carbonyl (C=O) groups is 1. The van der Waals surface area contributed by atoms with Crippen LogP contribution in [0.25, 0.3) is 21.7 Å². The van der Waals surface area contributed by atoms with E-state index in [0.717, 1.165) is 26.7 Å². The Bertz CT molecular complexity index is 1720. The average molecular weight is 499 g/mol. The lowest BCUT2D eigenvalue weighted by atomic mass is 9.90. The largest absolute Gasteiger partial charge is 0.493 e. The zero-order chi connectivity index (χ0) is 25.9. The number of nitrogens with one attached hydrogen (secondary N) is 3. The predicted octanol–water partition coefficient (Wildman–Crippen LogP) is 3.14. The predicted molar refractivity (Wildman–Crippen MR) is 142 cm³/mol. The van der Waals surface area contributed by atoms with Gasteiger partial charge in [0.05, 0.1) is 25.0 Å². The summed E-state index contributed by atoms with van der Waals surface area (Å²) in [6.07, 6.45) is 1.92. The molecule has 188 valence electrons. The van der Waals surface area contributed by atoms with E-state index in [1.807, 2.05) is 48.7 Å². The molecule has 9 nitrogen and oxygen atoms in total. The highest BCUT2D eigenvalue weighted by atomic mass is 16.5. The molecular weight excluding hydrogens is 472 g/mol. The summed E-state index contributed by atoms with van der Waals surface area (Å²) in [4.78, 5) is 41.6. The van der Waals surface area contributed by atoms with Crippen molar-refractivity contribution >= 4 is 27.6 Å². The van der Waals surface area contributed by atoms with Gasteiger partial charge in [-0.15, -0.1) is 0 Å². The summed E-state index contributed by atoms with van der Waals surface area (Å²) in [5.41, 5.74) is 1.91. The van der Waals surface area contributed by atoms with E-state index in [1.165, 1.54) is 0 Å². The molecule has 0 saturated carbocycles. The Kier molecular flexibility index (Phi) is 6.51. The Morgan fingerprint density at radius 3 is 2.38 bits per heavy atom. The van der Waals surface area contributed by atoms with Crippen LogP contribution >= 0.6 is 0 Å². The van der Waals surface area contributed by atoms with Crippen LogP contribution in [-0.2, 0) is 11.3 Å². The molecule has 5 aromatic rings. The zero-order valence-electron chi connectivity index (χ0n) is 20.4. The maximum Gasteiger partial charge on any atom is 0.273 e.